The van der Waals surface area contributed by atoms with Crippen LogP contribution in [-0.4, -0.2) is 5.11 Å². The first-order valence-electron chi connectivity index (χ1n) is 6.40. The molecule has 2 atom stereocenters. The summed E-state index contributed by atoms with van der Waals surface area (Å²) in [5, 5.41) is 10.5. The van der Waals surface area contributed by atoms with E-state index in [1.165, 1.54) is 16.7 Å². The molecule has 0 heterocycles. The van der Waals surface area contributed by atoms with Gasteiger partial charge in [-0.05, 0) is 36.1 Å². The standard InChI is InChI=1S/C17H20O/c1-12-8-7-11-16(13(12)2)17(18)14(3)15-9-5-4-6-10-15/h4-11,14,17-18H,1-3H3. The minimum absolute atomic E-state index is 0.103. The maximum Gasteiger partial charge on any atom is 0.0858 e. The molecule has 0 amide bonds. The summed E-state index contributed by atoms with van der Waals surface area (Å²) in [6, 6.07) is 16.3. The lowest BCUT2D eigenvalue weighted by Crippen LogP contribution is -2.09. The molecule has 0 aliphatic rings. The van der Waals surface area contributed by atoms with Crippen LogP contribution in [0.15, 0.2) is 48.5 Å². The molecular weight excluding hydrogens is 220 g/mol. The van der Waals surface area contributed by atoms with E-state index in [0.717, 1.165) is 5.56 Å². The van der Waals surface area contributed by atoms with Gasteiger partial charge in [0.15, 0.2) is 0 Å². The van der Waals surface area contributed by atoms with Crippen LogP contribution < -0.4 is 0 Å². The Bertz CT molecular complexity index is 516. The number of aliphatic hydroxyl groups excluding tert-OH is 1. The second-order valence-electron chi connectivity index (χ2n) is 4.93. The summed E-state index contributed by atoms with van der Waals surface area (Å²) in [6.07, 6.45) is -0.452. The smallest absolute Gasteiger partial charge is 0.0858 e. The van der Waals surface area contributed by atoms with Gasteiger partial charge in [-0.25, -0.2) is 0 Å². The molecule has 0 aliphatic carbocycles. The summed E-state index contributed by atoms with van der Waals surface area (Å²) in [4.78, 5) is 0. The van der Waals surface area contributed by atoms with Crippen LogP contribution in [0.25, 0.3) is 0 Å². The Morgan fingerprint density at radius 2 is 1.56 bits per heavy atom. The molecule has 2 rings (SSSR count). The zero-order chi connectivity index (χ0) is 13.1. The normalized spacial score (nSPS) is 14.2. The fourth-order valence-electron chi connectivity index (χ4n) is 2.30. The molecule has 2 aromatic rings. The van der Waals surface area contributed by atoms with Gasteiger partial charge in [0.25, 0.3) is 0 Å². The summed E-state index contributed by atoms with van der Waals surface area (Å²) in [6.45, 7) is 6.23. The Morgan fingerprint density at radius 3 is 2.22 bits per heavy atom. The molecule has 2 unspecified atom stereocenters. The van der Waals surface area contributed by atoms with Crippen molar-refractivity contribution in [2.45, 2.75) is 32.8 Å². The third-order valence-corrected chi connectivity index (χ3v) is 3.76. The van der Waals surface area contributed by atoms with Crippen LogP contribution in [0.1, 0.15) is 41.2 Å². The van der Waals surface area contributed by atoms with Crippen molar-refractivity contribution < 1.29 is 5.11 Å². The topological polar surface area (TPSA) is 20.2 Å². The van der Waals surface area contributed by atoms with Crippen molar-refractivity contribution >= 4 is 0 Å². The molecule has 0 spiro atoms. The van der Waals surface area contributed by atoms with Crippen molar-refractivity contribution in [3.63, 3.8) is 0 Å². The Balaban J connectivity index is 2.31. The number of hydrogen-bond donors (Lipinski definition) is 1. The van der Waals surface area contributed by atoms with Gasteiger partial charge in [0.1, 0.15) is 0 Å². The van der Waals surface area contributed by atoms with Crippen LogP contribution in [-0.2, 0) is 0 Å². The lowest BCUT2D eigenvalue weighted by molar-refractivity contribution is 0.151. The fraction of sp³-hybridized carbons (Fsp3) is 0.294. The molecule has 18 heavy (non-hydrogen) atoms. The number of benzene rings is 2. The Hall–Kier alpha value is -1.60. The van der Waals surface area contributed by atoms with Gasteiger partial charge in [0.2, 0.25) is 0 Å². The molecule has 1 nitrogen and oxygen atoms in total. The van der Waals surface area contributed by atoms with Gasteiger partial charge in [-0.1, -0.05) is 55.5 Å². The van der Waals surface area contributed by atoms with E-state index in [9.17, 15) is 5.11 Å². The van der Waals surface area contributed by atoms with Crippen molar-refractivity contribution in [1.82, 2.24) is 0 Å². The maximum absolute atomic E-state index is 10.5. The van der Waals surface area contributed by atoms with E-state index in [-0.39, 0.29) is 5.92 Å². The third-order valence-electron chi connectivity index (χ3n) is 3.76. The van der Waals surface area contributed by atoms with Crippen LogP contribution in [0.3, 0.4) is 0 Å². The molecule has 2 aromatic carbocycles. The number of rotatable bonds is 3. The van der Waals surface area contributed by atoms with E-state index in [2.05, 4.69) is 39.0 Å². The lowest BCUT2D eigenvalue weighted by Gasteiger charge is -2.22. The summed E-state index contributed by atoms with van der Waals surface area (Å²) in [5.41, 5.74) is 4.62. The molecule has 0 aliphatic heterocycles. The fourth-order valence-corrected chi connectivity index (χ4v) is 2.30. The minimum atomic E-state index is -0.452. The highest BCUT2D eigenvalue weighted by atomic mass is 16.3. The summed E-state index contributed by atoms with van der Waals surface area (Å²) in [5.74, 6) is 0.103. The Labute approximate surface area is 109 Å². The zero-order valence-corrected chi connectivity index (χ0v) is 11.2. The van der Waals surface area contributed by atoms with E-state index >= 15 is 0 Å². The number of aryl methyl sites for hydroxylation is 1. The van der Waals surface area contributed by atoms with Gasteiger partial charge in [-0.2, -0.15) is 0 Å². The average Bonchev–Trinajstić information content (AvgIpc) is 2.41. The van der Waals surface area contributed by atoms with E-state index < -0.39 is 6.10 Å². The molecule has 0 radical (unpaired) electrons. The highest BCUT2D eigenvalue weighted by Gasteiger charge is 2.19. The largest absolute Gasteiger partial charge is 0.388 e. The van der Waals surface area contributed by atoms with Crippen molar-refractivity contribution in [2.24, 2.45) is 0 Å². The van der Waals surface area contributed by atoms with Crippen molar-refractivity contribution in [3.05, 3.63) is 70.8 Å². The second kappa shape index (κ2) is 5.36. The van der Waals surface area contributed by atoms with E-state index in [0.29, 0.717) is 0 Å². The van der Waals surface area contributed by atoms with Gasteiger partial charge in [0, 0.05) is 5.92 Å². The van der Waals surface area contributed by atoms with E-state index in [1.54, 1.807) is 0 Å². The monoisotopic (exact) mass is 240 g/mol. The Morgan fingerprint density at radius 1 is 0.889 bits per heavy atom. The number of hydrogen-bond acceptors (Lipinski definition) is 1. The van der Waals surface area contributed by atoms with Crippen molar-refractivity contribution in [2.75, 3.05) is 0 Å². The first kappa shape index (κ1) is 12.8. The van der Waals surface area contributed by atoms with E-state index in [1.807, 2.05) is 30.3 Å². The van der Waals surface area contributed by atoms with Crippen LogP contribution in [0.4, 0.5) is 0 Å². The third kappa shape index (κ3) is 2.46. The predicted molar refractivity (Wildman–Crippen MR) is 75.7 cm³/mol. The van der Waals surface area contributed by atoms with Crippen molar-refractivity contribution in [3.8, 4) is 0 Å². The molecule has 0 saturated heterocycles. The van der Waals surface area contributed by atoms with Crippen LogP contribution in [0.2, 0.25) is 0 Å². The molecule has 94 valence electrons. The SMILES string of the molecule is Cc1cccc(C(O)C(C)c2ccccc2)c1C. The maximum atomic E-state index is 10.5. The summed E-state index contributed by atoms with van der Waals surface area (Å²) >= 11 is 0. The average molecular weight is 240 g/mol. The van der Waals surface area contributed by atoms with Gasteiger partial charge in [-0.3, -0.25) is 0 Å². The molecule has 0 saturated carbocycles. The van der Waals surface area contributed by atoms with E-state index in [4.69, 9.17) is 0 Å². The highest BCUT2D eigenvalue weighted by Crippen LogP contribution is 2.32. The molecule has 0 aromatic heterocycles. The van der Waals surface area contributed by atoms with Gasteiger partial charge in [0.05, 0.1) is 6.10 Å². The predicted octanol–water partition coefficient (Wildman–Crippen LogP) is 4.14. The van der Waals surface area contributed by atoms with Crippen LogP contribution in [0.5, 0.6) is 0 Å². The minimum Gasteiger partial charge on any atom is -0.388 e. The summed E-state index contributed by atoms with van der Waals surface area (Å²) in [7, 11) is 0. The lowest BCUT2D eigenvalue weighted by atomic mass is 9.88. The molecule has 1 heteroatoms. The molecule has 1 N–H and O–H groups in total. The number of aliphatic hydroxyl groups is 1. The zero-order valence-electron chi connectivity index (χ0n) is 11.2. The quantitative estimate of drug-likeness (QED) is 0.854. The first-order valence-corrected chi connectivity index (χ1v) is 6.40. The van der Waals surface area contributed by atoms with Gasteiger partial charge >= 0.3 is 0 Å². The molecule has 0 fully saturated rings. The highest BCUT2D eigenvalue weighted by molar-refractivity contribution is 5.36. The van der Waals surface area contributed by atoms with Crippen LogP contribution in [0, 0.1) is 13.8 Å². The summed E-state index contributed by atoms with van der Waals surface area (Å²) < 4.78 is 0. The second-order valence-corrected chi connectivity index (χ2v) is 4.93. The first-order chi connectivity index (χ1) is 8.61. The van der Waals surface area contributed by atoms with Gasteiger partial charge < -0.3 is 5.11 Å². The van der Waals surface area contributed by atoms with Crippen LogP contribution >= 0.6 is 0 Å². The van der Waals surface area contributed by atoms with Crippen molar-refractivity contribution in [1.29, 1.82) is 0 Å². The Kier molecular flexibility index (Phi) is 3.83. The molecule has 0 bridgehead atoms. The molecular formula is C17H20O. The van der Waals surface area contributed by atoms with Gasteiger partial charge in [-0.15, -0.1) is 0 Å².